The van der Waals surface area contributed by atoms with Crippen molar-refractivity contribution in [3.8, 4) is 24.3 Å². The monoisotopic (exact) mass is 1120 g/mol. The van der Waals surface area contributed by atoms with Crippen LogP contribution >= 0.6 is 0 Å². The van der Waals surface area contributed by atoms with Gasteiger partial charge in [0, 0.05) is 11.4 Å². The lowest BCUT2D eigenvalue weighted by molar-refractivity contribution is -0.138. The molecule has 0 aliphatic carbocycles. The Morgan fingerprint density at radius 1 is 0.551 bits per heavy atom. The van der Waals surface area contributed by atoms with Gasteiger partial charge in [0.15, 0.2) is 19.7 Å². The predicted octanol–water partition coefficient (Wildman–Crippen LogP) is 11.2. The van der Waals surface area contributed by atoms with Gasteiger partial charge in [-0.25, -0.2) is 45.8 Å². The molecule has 26 heteroatoms. The largest absolute Gasteiger partial charge is 0.449 e. The van der Waals surface area contributed by atoms with E-state index in [2.05, 4.69) is 0 Å². The van der Waals surface area contributed by atoms with Crippen LogP contribution in [0.25, 0.3) is 0 Å². The van der Waals surface area contributed by atoms with Crippen LogP contribution in [0.2, 0.25) is 0 Å². The van der Waals surface area contributed by atoms with E-state index >= 15 is 0 Å². The highest BCUT2D eigenvalue weighted by Crippen LogP contribution is 2.45. The molecule has 6 amide bonds. The second kappa shape index (κ2) is 23.3. The smallest absolute Gasteiger partial charge is 0.418 e. The fourth-order valence-corrected chi connectivity index (χ4v) is 10.9. The summed E-state index contributed by atoms with van der Waals surface area (Å²) in [6, 6.07) is 14.5. The Bertz CT molecular complexity index is 3340. The number of unbranched alkanes of at least 4 members (excludes halogenated alkanes) is 3. The number of amides is 6. The molecule has 2 atom stereocenters. The number of ether oxygens (including phenoxy) is 2. The van der Waals surface area contributed by atoms with Crippen LogP contribution in [0.4, 0.5) is 56.9 Å². The van der Waals surface area contributed by atoms with Gasteiger partial charge >= 0.3 is 36.6 Å². The number of nitrogens with zero attached hydrogens (tertiary/aromatic N) is 8. The van der Waals surface area contributed by atoms with E-state index in [9.17, 15) is 83.4 Å². The van der Waals surface area contributed by atoms with Crippen molar-refractivity contribution in [2.24, 2.45) is 0 Å². The standard InChI is InChI=1S/C52H44F6N8O10S2/c1-5-77(71,72)43-23-33(27-59)17-19-39(43)45-41(29-61)31(3)63(37-15-11-13-35(25-37)51(53,54)55)47(67)65(45)49(69)75-21-9-7-8-10-22-76-50(70)66-46(40-20-18-34(28-60)24-44(40)78(73,74)6-2)42(30-62)32(4)64(48(66)68)38-16-12-14-36(26-38)52(56,57)58/h11-20,23-26,45-46H,5-10,21-22H2,1-4H3/t45-,46-/m1/s1. The molecule has 0 fully saturated rings. The van der Waals surface area contributed by atoms with Crippen molar-refractivity contribution >= 4 is 55.3 Å². The molecule has 2 aliphatic heterocycles. The molecule has 0 bridgehead atoms. The van der Waals surface area contributed by atoms with E-state index in [0.29, 0.717) is 31.7 Å². The summed E-state index contributed by atoms with van der Waals surface area (Å²) in [5.74, 6) is -1.05. The number of benzene rings is 4. The Labute approximate surface area is 443 Å². The zero-order chi connectivity index (χ0) is 57.7. The zero-order valence-electron chi connectivity index (χ0n) is 41.6. The molecule has 0 unspecified atom stereocenters. The van der Waals surface area contributed by atoms with Crippen LogP contribution in [0.1, 0.15) is 98.8 Å². The summed E-state index contributed by atoms with van der Waals surface area (Å²) in [5.41, 5.74) is -5.42. The van der Waals surface area contributed by atoms with E-state index in [4.69, 9.17) is 9.47 Å². The number of rotatable bonds is 15. The van der Waals surface area contributed by atoms with E-state index in [1.165, 1.54) is 39.8 Å². The number of halogens is 6. The van der Waals surface area contributed by atoms with Gasteiger partial charge in [0.2, 0.25) is 0 Å². The summed E-state index contributed by atoms with van der Waals surface area (Å²) in [6.45, 7) is 4.09. The van der Waals surface area contributed by atoms with Crippen molar-refractivity contribution in [1.29, 1.82) is 21.0 Å². The minimum absolute atomic E-state index is 0.0254. The van der Waals surface area contributed by atoms with Crippen molar-refractivity contribution in [3.63, 3.8) is 0 Å². The molecule has 6 rings (SSSR count). The molecule has 2 heterocycles. The van der Waals surface area contributed by atoms with Crippen molar-refractivity contribution in [1.82, 2.24) is 9.80 Å². The number of alkyl halides is 6. The SMILES string of the molecule is CCS(=O)(=O)c1cc(C#N)ccc1[C@@H]1C(C#N)=C(C)N(c2cccc(C(F)(F)F)c2)C(=O)N1C(=O)OCCCCCCOC(=O)N1C(=O)N(c2cccc(C(F)(F)F)c2)C(C)=C(C#N)[C@H]1c1ccc(C#N)cc1S(=O)(=O)CC. The summed E-state index contributed by atoms with van der Waals surface area (Å²) in [5, 5.41) is 40.3. The Kier molecular flexibility index (Phi) is 17.5. The fraction of sp³-hybridized carbons (Fsp3) is 0.308. The number of hydrogen-bond acceptors (Lipinski definition) is 14. The van der Waals surface area contributed by atoms with Crippen LogP contribution in [0, 0.1) is 45.3 Å². The Hall–Kier alpha value is -8.72. The van der Waals surface area contributed by atoms with E-state index in [1.54, 1.807) is 12.1 Å². The fourth-order valence-electron chi connectivity index (χ4n) is 8.63. The maximum absolute atomic E-state index is 14.5. The molecular formula is C52H44F6N8O10S2. The summed E-state index contributed by atoms with van der Waals surface area (Å²) in [6.07, 6.45) is -12.2. The van der Waals surface area contributed by atoms with Crippen LogP contribution in [-0.2, 0) is 41.5 Å². The molecule has 406 valence electrons. The first-order valence-corrected chi connectivity index (χ1v) is 26.7. The Morgan fingerprint density at radius 3 is 1.22 bits per heavy atom. The van der Waals surface area contributed by atoms with Gasteiger partial charge < -0.3 is 9.47 Å². The average Bonchev–Trinajstić information content (AvgIpc) is 3.55. The third-order valence-corrected chi connectivity index (χ3v) is 16.2. The molecule has 0 radical (unpaired) electrons. The van der Waals surface area contributed by atoms with Crippen LogP contribution in [0.5, 0.6) is 0 Å². The quantitative estimate of drug-likeness (QED) is 0.0792. The maximum Gasteiger partial charge on any atom is 0.418 e. The minimum Gasteiger partial charge on any atom is -0.449 e. The second-order valence-electron chi connectivity index (χ2n) is 17.3. The highest BCUT2D eigenvalue weighted by Gasteiger charge is 2.48. The molecular weight excluding hydrogens is 1070 g/mol. The normalized spacial score (nSPS) is 16.3. The maximum atomic E-state index is 14.5. The first-order chi connectivity index (χ1) is 36.7. The number of anilines is 2. The van der Waals surface area contributed by atoms with Crippen molar-refractivity contribution in [2.75, 3.05) is 34.5 Å². The molecule has 0 spiro atoms. The minimum atomic E-state index is -4.88. The third-order valence-electron chi connectivity index (χ3n) is 12.6. The van der Waals surface area contributed by atoms with Crippen molar-refractivity contribution in [3.05, 3.63) is 141 Å². The lowest BCUT2D eigenvalue weighted by Gasteiger charge is -2.40. The van der Waals surface area contributed by atoms with Crippen molar-refractivity contribution in [2.45, 2.75) is 87.6 Å². The van der Waals surface area contributed by atoms with Gasteiger partial charge in [-0.15, -0.1) is 0 Å². The number of hydrogen-bond donors (Lipinski definition) is 0. The number of sulfone groups is 2. The van der Waals surface area contributed by atoms with Gasteiger partial charge in [0.1, 0.15) is 12.1 Å². The Balaban J connectivity index is 1.23. The van der Waals surface area contributed by atoms with Gasteiger partial charge in [-0.2, -0.15) is 47.4 Å². The van der Waals surface area contributed by atoms with Gasteiger partial charge in [0.05, 0.1) is 104 Å². The molecule has 0 saturated carbocycles. The third kappa shape index (κ3) is 11.8. The number of imide groups is 2. The molecule has 4 aromatic carbocycles. The molecule has 0 aromatic heterocycles. The molecule has 4 aromatic rings. The summed E-state index contributed by atoms with van der Waals surface area (Å²) >= 11 is 0. The van der Waals surface area contributed by atoms with Crippen LogP contribution < -0.4 is 9.80 Å². The number of carbonyl (C=O) groups excluding carboxylic acids is 4. The average molecular weight is 1120 g/mol. The van der Waals surface area contributed by atoms with E-state index < -0.39 is 137 Å². The van der Waals surface area contributed by atoms with Crippen LogP contribution in [-0.4, -0.2) is 75.6 Å². The number of urea groups is 2. The van der Waals surface area contributed by atoms with Crippen LogP contribution in [0.3, 0.4) is 0 Å². The number of carbonyl (C=O) groups is 4. The summed E-state index contributed by atoms with van der Waals surface area (Å²) in [4.78, 5) is 58.3. The summed E-state index contributed by atoms with van der Waals surface area (Å²) in [7, 11) is -8.52. The lowest BCUT2D eigenvalue weighted by Crippen LogP contribution is -2.52. The molecule has 0 saturated heterocycles. The second-order valence-corrected chi connectivity index (χ2v) is 21.8. The highest BCUT2D eigenvalue weighted by atomic mass is 32.2. The van der Waals surface area contributed by atoms with E-state index in [1.807, 2.05) is 12.1 Å². The van der Waals surface area contributed by atoms with Crippen LogP contribution in [0.15, 0.2) is 117 Å². The van der Waals surface area contributed by atoms with E-state index in [-0.39, 0.29) is 59.3 Å². The summed E-state index contributed by atoms with van der Waals surface area (Å²) < 4.78 is 148. The van der Waals surface area contributed by atoms with Gasteiger partial charge in [-0.3, -0.25) is 9.80 Å². The topological polar surface area (TPSA) is 263 Å². The predicted molar refractivity (Wildman–Crippen MR) is 263 cm³/mol. The molecule has 2 aliphatic rings. The number of allylic oxidation sites excluding steroid dienone is 2. The Morgan fingerprint density at radius 2 is 0.910 bits per heavy atom. The lowest BCUT2D eigenvalue weighted by atomic mass is 9.93. The first-order valence-electron chi connectivity index (χ1n) is 23.4. The molecule has 18 nitrogen and oxygen atoms in total. The van der Waals surface area contributed by atoms with Crippen molar-refractivity contribution < 1.29 is 71.8 Å². The highest BCUT2D eigenvalue weighted by molar-refractivity contribution is 7.91. The van der Waals surface area contributed by atoms with Gasteiger partial charge in [-0.1, -0.05) is 38.1 Å². The van der Waals surface area contributed by atoms with Gasteiger partial charge in [0.25, 0.3) is 0 Å². The number of nitriles is 4. The first kappa shape index (κ1) is 58.5. The van der Waals surface area contributed by atoms with E-state index in [0.717, 1.165) is 60.7 Å². The molecule has 0 N–H and O–H groups in total. The zero-order valence-corrected chi connectivity index (χ0v) is 43.3. The molecule has 78 heavy (non-hydrogen) atoms. The van der Waals surface area contributed by atoms with Gasteiger partial charge in [-0.05, 0) is 111 Å².